The van der Waals surface area contributed by atoms with Gasteiger partial charge in [0, 0.05) is 6.54 Å². The van der Waals surface area contributed by atoms with Gasteiger partial charge in [-0.1, -0.05) is 31.3 Å². The smallest absolute Gasteiger partial charge is 0.122 e. The molecule has 1 fully saturated rings. The van der Waals surface area contributed by atoms with Crippen molar-refractivity contribution in [3.8, 4) is 6.07 Å². The number of rotatable bonds is 2. The summed E-state index contributed by atoms with van der Waals surface area (Å²) in [7, 11) is -1.16. The highest BCUT2D eigenvalue weighted by atomic mass is 28.3. The molecular weight excluding hydrogens is 212 g/mol. The lowest BCUT2D eigenvalue weighted by atomic mass is 10.1. The van der Waals surface area contributed by atoms with Gasteiger partial charge in [-0.2, -0.15) is 5.26 Å². The Hall–Kier alpha value is -1.11. The minimum Gasteiger partial charge on any atom is -0.320 e. The van der Waals surface area contributed by atoms with Gasteiger partial charge in [0.15, 0.2) is 0 Å². The largest absolute Gasteiger partial charge is 0.320 e. The van der Waals surface area contributed by atoms with E-state index in [1.165, 1.54) is 24.6 Å². The second kappa shape index (κ2) is 4.40. The average Bonchev–Trinajstić information content (AvgIpc) is 2.59. The van der Waals surface area contributed by atoms with Crippen LogP contribution in [0.3, 0.4) is 0 Å². The molecule has 2 nitrogen and oxygen atoms in total. The van der Waals surface area contributed by atoms with E-state index in [2.05, 4.69) is 29.8 Å². The normalized spacial score (nSPS) is 19.6. The summed E-state index contributed by atoms with van der Waals surface area (Å²) in [6.45, 7) is 7.02. The second-order valence-corrected chi connectivity index (χ2v) is 9.86. The van der Waals surface area contributed by atoms with Crippen LogP contribution in [0, 0.1) is 11.3 Å². The molecule has 0 amide bonds. The number of nitriles is 1. The number of hydrogen-bond donors (Lipinski definition) is 0. The maximum Gasteiger partial charge on any atom is 0.122 e. The molecule has 84 valence electrons. The predicted molar refractivity (Wildman–Crippen MR) is 68.5 cm³/mol. The molecule has 0 aliphatic carbocycles. The first kappa shape index (κ1) is 11.4. The van der Waals surface area contributed by atoms with Crippen LogP contribution in [0.15, 0.2) is 24.3 Å². The maximum atomic E-state index is 9.07. The Bertz CT molecular complexity index is 420. The molecule has 1 aromatic carbocycles. The summed E-state index contributed by atoms with van der Waals surface area (Å²) >= 11 is 0. The summed E-state index contributed by atoms with van der Waals surface area (Å²) in [4.78, 5) is 0. The summed E-state index contributed by atoms with van der Waals surface area (Å²) in [5, 5.41) is 9.07. The molecule has 0 unspecified atom stereocenters. The Kier molecular flexibility index (Phi) is 3.13. The van der Waals surface area contributed by atoms with Crippen molar-refractivity contribution in [2.75, 3.05) is 6.54 Å². The monoisotopic (exact) mass is 230 g/mol. The van der Waals surface area contributed by atoms with Crippen molar-refractivity contribution in [1.82, 2.24) is 4.57 Å². The summed E-state index contributed by atoms with van der Waals surface area (Å²) in [6, 6.07) is 11.6. The van der Waals surface area contributed by atoms with E-state index in [0.717, 1.165) is 12.1 Å². The number of nitrogens with zero attached hydrogens (tertiary/aromatic N) is 2. The lowest BCUT2D eigenvalue weighted by Crippen LogP contribution is -2.42. The Labute approximate surface area is 98.6 Å². The van der Waals surface area contributed by atoms with Crippen molar-refractivity contribution in [3.63, 3.8) is 0 Å². The van der Waals surface area contributed by atoms with Gasteiger partial charge >= 0.3 is 0 Å². The highest BCUT2D eigenvalue weighted by Gasteiger charge is 2.34. The van der Waals surface area contributed by atoms with Gasteiger partial charge in [0.1, 0.15) is 8.24 Å². The van der Waals surface area contributed by atoms with Crippen LogP contribution in [-0.2, 0) is 6.54 Å². The van der Waals surface area contributed by atoms with Crippen LogP contribution in [0.1, 0.15) is 17.5 Å². The van der Waals surface area contributed by atoms with Crippen LogP contribution in [0.2, 0.25) is 19.1 Å². The summed E-state index contributed by atoms with van der Waals surface area (Å²) in [5.41, 5.74) is 2.02. The molecule has 0 bridgehead atoms. The van der Waals surface area contributed by atoms with Gasteiger partial charge in [-0.3, -0.25) is 0 Å². The molecule has 1 aliphatic rings. The minimum absolute atomic E-state index is 0.833. The quantitative estimate of drug-likeness (QED) is 0.730. The highest BCUT2D eigenvalue weighted by molar-refractivity contribution is 6.75. The maximum absolute atomic E-state index is 9.07. The minimum atomic E-state index is -1.16. The summed E-state index contributed by atoms with van der Waals surface area (Å²) < 4.78 is 2.61. The lowest BCUT2D eigenvalue weighted by Gasteiger charge is -2.29. The molecule has 0 saturated carbocycles. The van der Waals surface area contributed by atoms with Crippen molar-refractivity contribution in [2.45, 2.75) is 32.1 Å². The molecule has 0 radical (unpaired) electrons. The van der Waals surface area contributed by atoms with Crippen LogP contribution >= 0.6 is 0 Å². The Morgan fingerprint density at radius 2 is 2.12 bits per heavy atom. The molecule has 1 aromatic rings. The van der Waals surface area contributed by atoms with Crippen LogP contribution in [0.5, 0.6) is 0 Å². The summed E-state index contributed by atoms with van der Waals surface area (Å²) in [5.74, 6) is 0. The van der Waals surface area contributed by atoms with E-state index >= 15 is 0 Å². The fourth-order valence-electron chi connectivity index (χ4n) is 2.43. The predicted octanol–water partition coefficient (Wildman–Crippen LogP) is 2.97. The molecule has 0 spiro atoms. The highest BCUT2D eigenvalue weighted by Crippen LogP contribution is 2.27. The standard InChI is InChI=1S/C13H18N2Si/c1-16(2)9-5-8-15(16)11-13-7-4-3-6-12(13)10-14/h3-4,6-7H,5,8-9,11H2,1-2H3. The fourth-order valence-corrected chi connectivity index (χ4v) is 5.13. The molecular formula is C13H18N2Si. The van der Waals surface area contributed by atoms with E-state index in [0.29, 0.717) is 0 Å². The van der Waals surface area contributed by atoms with Gasteiger partial charge in [-0.25, -0.2) is 0 Å². The first-order valence-electron chi connectivity index (χ1n) is 5.86. The van der Waals surface area contributed by atoms with E-state index in [1.807, 2.05) is 18.2 Å². The van der Waals surface area contributed by atoms with E-state index in [-0.39, 0.29) is 0 Å². The van der Waals surface area contributed by atoms with Crippen molar-refractivity contribution < 1.29 is 0 Å². The van der Waals surface area contributed by atoms with E-state index in [4.69, 9.17) is 5.26 Å². The van der Waals surface area contributed by atoms with Gasteiger partial charge in [-0.15, -0.1) is 0 Å². The third kappa shape index (κ3) is 2.18. The van der Waals surface area contributed by atoms with Crippen LogP contribution in [-0.4, -0.2) is 19.3 Å². The van der Waals surface area contributed by atoms with Gasteiger partial charge in [0.05, 0.1) is 11.6 Å². The van der Waals surface area contributed by atoms with Crippen molar-refractivity contribution in [1.29, 1.82) is 5.26 Å². The van der Waals surface area contributed by atoms with Gasteiger partial charge in [-0.05, 0) is 30.6 Å². The molecule has 0 atom stereocenters. The topological polar surface area (TPSA) is 27.0 Å². The van der Waals surface area contributed by atoms with Crippen LogP contribution < -0.4 is 0 Å². The first-order valence-corrected chi connectivity index (χ1v) is 9.02. The third-order valence-corrected chi connectivity index (χ3v) is 7.24. The third-order valence-electron chi connectivity index (χ3n) is 3.57. The first-order chi connectivity index (χ1) is 7.63. The number of benzene rings is 1. The van der Waals surface area contributed by atoms with E-state index in [9.17, 15) is 0 Å². The van der Waals surface area contributed by atoms with Crippen molar-refractivity contribution in [2.24, 2.45) is 0 Å². The summed E-state index contributed by atoms with van der Waals surface area (Å²) in [6.07, 6.45) is 1.33. The number of hydrogen-bond acceptors (Lipinski definition) is 2. The van der Waals surface area contributed by atoms with E-state index < -0.39 is 8.24 Å². The molecule has 1 heterocycles. The Morgan fingerprint density at radius 1 is 1.38 bits per heavy atom. The Morgan fingerprint density at radius 3 is 2.75 bits per heavy atom. The molecule has 1 aliphatic heterocycles. The van der Waals surface area contributed by atoms with Gasteiger partial charge in [0.2, 0.25) is 0 Å². The van der Waals surface area contributed by atoms with Crippen molar-refractivity contribution in [3.05, 3.63) is 35.4 Å². The fraction of sp³-hybridized carbons (Fsp3) is 0.462. The average molecular weight is 230 g/mol. The van der Waals surface area contributed by atoms with Crippen molar-refractivity contribution >= 4 is 8.24 Å². The molecule has 0 N–H and O–H groups in total. The molecule has 16 heavy (non-hydrogen) atoms. The zero-order valence-electron chi connectivity index (χ0n) is 10.0. The van der Waals surface area contributed by atoms with E-state index in [1.54, 1.807) is 0 Å². The molecule has 2 rings (SSSR count). The molecule has 3 heteroatoms. The zero-order chi connectivity index (χ0) is 11.6. The molecule has 0 aromatic heterocycles. The zero-order valence-corrected chi connectivity index (χ0v) is 11.0. The second-order valence-electron chi connectivity index (χ2n) is 5.11. The van der Waals surface area contributed by atoms with Crippen LogP contribution in [0.25, 0.3) is 0 Å². The molecule has 1 saturated heterocycles. The van der Waals surface area contributed by atoms with Gasteiger partial charge < -0.3 is 4.57 Å². The van der Waals surface area contributed by atoms with Gasteiger partial charge in [0.25, 0.3) is 0 Å². The Balaban J connectivity index is 2.18. The SMILES string of the molecule is C[Si]1(C)CCCN1Cc1ccccc1C#N. The van der Waals surface area contributed by atoms with Crippen LogP contribution in [0.4, 0.5) is 0 Å². The lowest BCUT2D eigenvalue weighted by molar-refractivity contribution is 0.452.